The number of hydrogen-bond donors (Lipinski definition) is 0. The fourth-order valence-corrected chi connectivity index (χ4v) is 3.49. The maximum atomic E-state index is 11.0. The number of benzene rings is 2. The highest BCUT2D eigenvalue weighted by Gasteiger charge is 2.16. The number of fused-ring (bicyclic) bond motifs is 1. The van der Waals surface area contributed by atoms with Gasteiger partial charge in [0.05, 0.1) is 11.3 Å². The summed E-state index contributed by atoms with van der Waals surface area (Å²) < 4.78 is 15.7. The third-order valence-electron chi connectivity index (χ3n) is 3.98. The van der Waals surface area contributed by atoms with Crippen LogP contribution in [0.4, 0.5) is 0 Å². The van der Waals surface area contributed by atoms with Gasteiger partial charge in [0.15, 0.2) is 11.5 Å². The first-order chi connectivity index (χ1) is 13.6. The van der Waals surface area contributed by atoms with E-state index in [0.717, 1.165) is 16.8 Å². The summed E-state index contributed by atoms with van der Waals surface area (Å²) >= 11 is 1.40. The summed E-state index contributed by atoms with van der Waals surface area (Å²) in [5.41, 5.74) is 2.93. The highest BCUT2D eigenvalue weighted by atomic mass is 32.1. The number of rotatable bonds is 4. The van der Waals surface area contributed by atoms with Gasteiger partial charge in [0.1, 0.15) is 16.8 Å². The van der Waals surface area contributed by atoms with Crippen LogP contribution in [0, 0.1) is 11.3 Å². The summed E-state index contributed by atoms with van der Waals surface area (Å²) in [7, 11) is 0. The van der Waals surface area contributed by atoms with E-state index in [1.807, 2.05) is 23.6 Å². The Morgan fingerprint density at radius 2 is 2.00 bits per heavy atom. The van der Waals surface area contributed by atoms with Crippen LogP contribution >= 0.6 is 11.3 Å². The second-order valence-electron chi connectivity index (χ2n) is 5.94. The van der Waals surface area contributed by atoms with Crippen LogP contribution in [0.3, 0.4) is 0 Å². The van der Waals surface area contributed by atoms with Gasteiger partial charge in [0.25, 0.3) is 0 Å². The molecule has 0 unspecified atom stereocenters. The first-order valence-corrected chi connectivity index (χ1v) is 9.26. The van der Waals surface area contributed by atoms with E-state index < -0.39 is 0 Å². The predicted molar refractivity (Wildman–Crippen MR) is 105 cm³/mol. The van der Waals surface area contributed by atoms with E-state index in [0.29, 0.717) is 27.8 Å². The summed E-state index contributed by atoms with van der Waals surface area (Å²) in [5, 5.41) is 12.1. The Balaban J connectivity index is 1.58. The number of nitriles is 1. The number of allylic oxidation sites excluding steroid dienone is 1. The summed E-state index contributed by atoms with van der Waals surface area (Å²) in [6.45, 7) is 1.57. The molecular formula is C21H14N2O4S. The molecule has 0 spiro atoms. The molecular weight excluding hydrogens is 376 g/mol. The Kier molecular flexibility index (Phi) is 4.79. The Morgan fingerprint density at radius 1 is 1.21 bits per heavy atom. The largest absolute Gasteiger partial charge is 0.454 e. The number of carbonyl (C=O) groups excluding carboxylic acids is 1. The maximum Gasteiger partial charge on any atom is 0.308 e. The average molecular weight is 390 g/mol. The zero-order valence-electron chi connectivity index (χ0n) is 14.8. The molecule has 138 valence electrons. The van der Waals surface area contributed by atoms with Crippen LogP contribution in [0.5, 0.6) is 17.2 Å². The van der Waals surface area contributed by atoms with Gasteiger partial charge in [-0.05, 0) is 42.0 Å². The fourth-order valence-electron chi connectivity index (χ4n) is 2.69. The molecule has 0 saturated heterocycles. The third-order valence-corrected chi connectivity index (χ3v) is 4.85. The van der Waals surface area contributed by atoms with E-state index in [4.69, 9.17) is 14.2 Å². The quantitative estimate of drug-likeness (QED) is 0.370. The Labute approximate surface area is 165 Å². The first-order valence-electron chi connectivity index (χ1n) is 8.38. The Hall–Kier alpha value is -3.63. The third kappa shape index (κ3) is 3.72. The lowest BCUT2D eigenvalue weighted by Crippen LogP contribution is -2.00. The number of carbonyl (C=O) groups is 1. The molecule has 0 radical (unpaired) electrons. The number of ether oxygens (including phenoxy) is 3. The van der Waals surface area contributed by atoms with Crippen molar-refractivity contribution in [1.29, 1.82) is 5.26 Å². The van der Waals surface area contributed by atoms with Crippen LogP contribution in [0.2, 0.25) is 0 Å². The molecule has 3 aromatic rings. The fraction of sp³-hybridized carbons (Fsp3) is 0.0952. The van der Waals surface area contributed by atoms with Crippen molar-refractivity contribution in [3.05, 3.63) is 58.4 Å². The van der Waals surface area contributed by atoms with Crippen LogP contribution in [-0.2, 0) is 4.79 Å². The predicted octanol–water partition coefficient (Wildman–Crippen LogP) is 4.53. The van der Waals surface area contributed by atoms with Crippen molar-refractivity contribution >= 4 is 29.0 Å². The Morgan fingerprint density at radius 3 is 2.75 bits per heavy atom. The van der Waals surface area contributed by atoms with Crippen molar-refractivity contribution in [2.45, 2.75) is 6.92 Å². The number of hydrogen-bond acceptors (Lipinski definition) is 7. The number of esters is 1. The second kappa shape index (κ2) is 7.55. The average Bonchev–Trinajstić information content (AvgIpc) is 3.36. The van der Waals surface area contributed by atoms with Gasteiger partial charge in [-0.15, -0.1) is 11.3 Å². The summed E-state index contributed by atoms with van der Waals surface area (Å²) in [5.74, 6) is 1.49. The molecule has 28 heavy (non-hydrogen) atoms. The minimum absolute atomic E-state index is 0.221. The number of nitrogens with zero attached hydrogens (tertiary/aromatic N) is 2. The van der Waals surface area contributed by atoms with Crippen molar-refractivity contribution in [3.8, 4) is 34.6 Å². The standard InChI is InChI=1S/C21H14N2O4S/c1-13(24)27-17-5-2-14(3-6-17)8-16(10-22)21-23-18(11-28-21)15-4-7-19-20(9-15)26-12-25-19/h2-9,11H,12H2,1H3. The van der Waals surface area contributed by atoms with Gasteiger partial charge in [0, 0.05) is 17.9 Å². The van der Waals surface area contributed by atoms with E-state index in [9.17, 15) is 10.1 Å². The molecule has 0 atom stereocenters. The van der Waals surface area contributed by atoms with Crippen LogP contribution in [-0.4, -0.2) is 17.7 Å². The van der Waals surface area contributed by atoms with E-state index in [-0.39, 0.29) is 12.8 Å². The topological polar surface area (TPSA) is 81.4 Å². The molecule has 0 amide bonds. The van der Waals surface area contributed by atoms with Gasteiger partial charge < -0.3 is 14.2 Å². The van der Waals surface area contributed by atoms with Crippen LogP contribution in [0.1, 0.15) is 17.5 Å². The zero-order chi connectivity index (χ0) is 19.5. The molecule has 1 aliphatic heterocycles. The van der Waals surface area contributed by atoms with Crippen molar-refractivity contribution in [1.82, 2.24) is 4.98 Å². The molecule has 4 rings (SSSR count). The number of thiazole rings is 1. The lowest BCUT2D eigenvalue weighted by molar-refractivity contribution is -0.131. The van der Waals surface area contributed by atoms with E-state index >= 15 is 0 Å². The van der Waals surface area contributed by atoms with E-state index in [1.54, 1.807) is 30.3 Å². The minimum atomic E-state index is -0.375. The van der Waals surface area contributed by atoms with Crippen molar-refractivity contribution in [2.75, 3.05) is 6.79 Å². The van der Waals surface area contributed by atoms with Gasteiger partial charge in [-0.2, -0.15) is 5.26 Å². The molecule has 2 heterocycles. The molecule has 1 aromatic heterocycles. The molecule has 1 aliphatic rings. The summed E-state index contributed by atoms with van der Waals surface area (Å²) in [6.07, 6.45) is 1.75. The van der Waals surface area contributed by atoms with Gasteiger partial charge in [-0.1, -0.05) is 12.1 Å². The molecule has 0 bridgehead atoms. The first kappa shape index (κ1) is 17.8. The van der Waals surface area contributed by atoms with Crippen molar-refractivity contribution < 1.29 is 19.0 Å². The van der Waals surface area contributed by atoms with Crippen LogP contribution in [0.25, 0.3) is 22.9 Å². The zero-order valence-corrected chi connectivity index (χ0v) is 15.7. The van der Waals surface area contributed by atoms with Crippen LogP contribution in [0.15, 0.2) is 47.8 Å². The SMILES string of the molecule is CC(=O)Oc1ccc(C=C(C#N)c2nc(-c3ccc4c(c3)OCO4)cs2)cc1. The second-order valence-corrected chi connectivity index (χ2v) is 6.80. The summed E-state index contributed by atoms with van der Waals surface area (Å²) in [6, 6.07) is 14.8. The van der Waals surface area contributed by atoms with E-state index in [1.165, 1.54) is 18.3 Å². The highest BCUT2D eigenvalue weighted by molar-refractivity contribution is 7.11. The van der Waals surface area contributed by atoms with Gasteiger partial charge in [-0.25, -0.2) is 4.98 Å². The molecule has 2 aromatic carbocycles. The smallest absolute Gasteiger partial charge is 0.308 e. The maximum absolute atomic E-state index is 11.0. The van der Waals surface area contributed by atoms with Gasteiger partial charge >= 0.3 is 5.97 Å². The van der Waals surface area contributed by atoms with Gasteiger partial charge in [-0.3, -0.25) is 4.79 Å². The summed E-state index contributed by atoms with van der Waals surface area (Å²) in [4.78, 5) is 15.6. The van der Waals surface area contributed by atoms with Crippen molar-refractivity contribution in [2.24, 2.45) is 0 Å². The lowest BCUT2D eigenvalue weighted by Gasteiger charge is -2.01. The molecule has 0 fully saturated rings. The molecule has 7 heteroatoms. The highest BCUT2D eigenvalue weighted by Crippen LogP contribution is 2.36. The molecule has 0 N–H and O–H groups in total. The Bertz CT molecular complexity index is 1110. The molecule has 0 aliphatic carbocycles. The molecule has 0 saturated carbocycles. The van der Waals surface area contributed by atoms with Gasteiger partial charge in [0.2, 0.25) is 6.79 Å². The van der Waals surface area contributed by atoms with E-state index in [2.05, 4.69) is 11.1 Å². The van der Waals surface area contributed by atoms with Crippen LogP contribution < -0.4 is 14.2 Å². The lowest BCUT2D eigenvalue weighted by atomic mass is 10.1. The minimum Gasteiger partial charge on any atom is -0.454 e. The number of aromatic nitrogens is 1. The molecule has 6 nitrogen and oxygen atoms in total. The monoisotopic (exact) mass is 390 g/mol. The normalized spacial score (nSPS) is 12.5. The van der Waals surface area contributed by atoms with Crippen molar-refractivity contribution in [3.63, 3.8) is 0 Å².